The summed E-state index contributed by atoms with van der Waals surface area (Å²) in [5.41, 5.74) is 0.405. The number of aromatic nitrogens is 1. The molecule has 1 aromatic heterocycles. The van der Waals surface area contributed by atoms with Crippen molar-refractivity contribution in [2.24, 2.45) is 0 Å². The van der Waals surface area contributed by atoms with Crippen molar-refractivity contribution in [1.82, 2.24) is 4.98 Å². The van der Waals surface area contributed by atoms with Crippen LogP contribution in [0.3, 0.4) is 0 Å². The molecule has 21 heavy (non-hydrogen) atoms. The molecule has 3 N–H and O–H groups in total. The van der Waals surface area contributed by atoms with Crippen molar-refractivity contribution < 1.29 is 24.5 Å². The van der Waals surface area contributed by atoms with Crippen LogP contribution in [0, 0.1) is 0 Å². The molecule has 0 saturated carbocycles. The summed E-state index contributed by atoms with van der Waals surface area (Å²) in [6.45, 7) is 0. The Labute approximate surface area is 123 Å². The highest BCUT2D eigenvalue weighted by Gasteiger charge is 2.16. The number of carbonyl (C=O) groups is 2. The Morgan fingerprint density at radius 2 is 2.19 bits per heavy atom. The van der Waals surface area contributed by atoms with Gasteiger partial charge < -0.3 is 14.9 Å². The molecule has 8 heteroatoms. The van der Waals surface area contributed by atoms with E-state index in [1.807, 2.05) is 0 Å². The number of carbonyl (C=O) groups excluding carboxylic acids is 1. The number of aromatic hydroxyl groups is 1. The van der Waals surface area contributed by atoms with Gasteiger partial charge in [0, 0.05) is 5.38 Å². The average Bonchev–Trinajstić information content (AvgIpc) is 2.85. The number of nitrogens with zero attached hydrogens (tertiary/aromatic N) is 1. The maximum absolute atomic E-state index is 12.1. The van der Waals surface area contributed by atoms with Crippen LogP contribution >= 0.6 is 11.3 Å². The number of aliphatic carboxylic acids is 1. The number of hydrogen-bond acceptors (Lipinski definition) is 6. The van der Waals surface area contributed by atoms with Crippen LogP contribution in [0.5, 0.6) is 11.5 Å². The van der Waals surface area contributed by atoms with Gasteiger partial charge in [-0.1, -0.05) is 6.07 Å². The van der Waals surface area contributed by atoms with Crippen molar-refractivity contribution in [1.29, 1.82) is 0 Å². The van der Waals surface area contributed by atoms with E-state index in [0.29, 0.717) is 5.69 Å². The number of hydrogen-bond donors (Lipinski definition) is 3. The molecular formula is C13H12N2O5S. The summed E-state index contributed by atoms with van der Waals surface area (Å²) in [6.07, 6.45) is -0.212. The van der Waals surface area contributed by atoms with Crippen LogP contribution in [-0.4, -0.2) is 34.2 Å². The van der Waals surface area contributed by atoms with Gasteiger partial charge in [0.2, 0.25) is 0 Å². The lowest BCUT2D eigenvalue weighted by atomic mass is 10.2. The highest BCUT2D eigenvalue weighted by atomic mass is 32.1. The minimum absolute atomic E-state index is 0.0457. The van der Waals surface area contributed by atoms with Crippen LogP contribution in [0.25, 0.3) is 0 Å². The minimum atomic E-state index is -0.997. The minimum Gasteiger partial charge on any atom is -0.504 e. The van der Waals surface area contributed by atoms with Gasteiger partial charge in [0.05, 0.1) is 24.8 Å². The molecular weight excluding hydrogens is 296 g/mol. The highest BCUT2D eigenvalue weighted by molar-refractivity contribution is 7.14. The van der Waals surface area contributed by atoms with Crippen molar-refractivity contribution in [3.05, 3.63) is 34.8 Å². The summed E-state index contributed by atoms with van der Waals surface area (Å²) in [7, 11) is 1.38. The Morgan fingerprint density at radius 1 is 1.43 bits per heavy atom. The molecule has 0 fully saturated rings. The second-order valence-electron chi connectivity index (χ2n) is 4.03. The predicted molar refractivity (Wildman–Crippen MR) is 76.1 cm³/mol. The molecule has 0 aliphatic rings. The van der Waals surface area contributed by atoms with Crippen LogP contribution in [-0.2, 0) is 11.2 Å². The van der Waals surface area contributed by atoms with E-state index in [-0.39, 0.29) is 28.6 Å². The van der Waals surface area contributed by atoms with E-state index in [9.17, 15) is 14.7 Å². The van der Waals surface area contributed by atoms with Crippen LogP contribution in [0.15, 0.2) is 23.6 Å². The van der Waals surface area contributed by atoms with E-state index in [0.717, 1.165) is 11.3 Å². The van der Waals surface area contributed by atoms with Crippen LogP contribution in [0.2, 0.25) is 0 Å². The molecule has 0 aliphatic heterocycles. The van der Waals surface area contributed by atoms with E-state index in [1.165, 1.54) is 19.2 Å². The fraction of sp³-hybridized carbons (Fsp3) is 0.154. The largest absolute Gasteiger partial charge is 0.504 e. The van der Waals surface area contributed by atoms with Gasteiger partial charge in [-0.2, -0.15) is 0 Å². The normalized spacial score (nSPS) is 10.1. The molecule has 1 amide bonds. The SMILES string of the molecule is COc1cccc(C(=O)Nc2nc(CC(=O)O)cs2)c1O. The maximum Gasteiger partial charge on any atom is 0.309 e. The summed E-state index contributed by atoms with van der Waals surface area (Å²) in [5, 5.41) is 22.9. The van der Waals surface area contributed by atoms with Crippen molar-refractivity contribution in [3.63, 3.8) is 0 Å². The van der Waals surface area contributed by atoms with Gasteiger partial charge in [0.25, 0.3) is 5.91 Å². The first-order valence-corrected chi connectivity index (χ1v) is 6.72. The van der Waals surface area contributed by atoms with Crippen LogP contribution in [0.1, 0.15) is 16.1 Å². The number of nitrogens with one attached hydrogen (secondary N) is 1. The van der Waals surface area contributed by atoms with Crippen molar-refractivity contribution in [2.45, 2.75) is 6.42 Å². The Morgan fingerprint density at radius 3 is 2.86 bits per heavy atom. The van der Waals surface area contributed by atoms with Crippen LogP contribution < -0.4 is 10.1 Å². The third kappa shape index (κ3) is 3.48. The van der Waals surface area contributed by atoms with Crippen LogP contribution in [0.4, 0.5) is 5.13 Å². The molecule has 0 radical (unpaired) electrons. The number of amides is 1. The summed E-state index contributed by atoms with van der Waals surface area (Å²) < 4.78 is 4.93. The molecule has 2 aromatic rings. The summed E-state index contributed by atoms with van der Waals surface area (Å²) >= 11 is 1.11. The monoisotopic (exact) mass is 308 g/mol. The van der Waals surface area contributed by atoms with Gasteiger partial charge in [0.1, 0.15) is 0 Å². The average molecular weight is 308 g/mol. The Kier molecular flexibility index (Phi) is 4.39. The van der Waals surface area contributed by atoms with E-state index in [1.54, 1.807) is 11.4 Å². The number of carboxylic acids is 1. The van der Waals surface area contributed by atoms with E-state index in [2.05, 4.69) is 10.3 Å². The lowest BCUT2D eigenvalue weighted by Crippen LogP contribution is -2.12. The van der Waals surface area contributed by atoms with Gasteiger partial charge in [0.15, 0.2) is 16.6 Å². The number of phenols is 1. The number of methoxy groups -OCH3 is 1. The van der Waals surface area contributed by atoms with E-state index in [4.69, 9.17) is 9.84 Å². The third-order valence-corrected chi connectivity index (χ3v) is 3.37. The standard InChI is InChI=1S/C13H12N2O5S/c1-20-9-4-2-3-8(11(9)18)12(19)15-13-14-7(6-21-13)5-10(16)17/h2-4,6,18H,5H2,1H3,(H,16,17)(H,14,15,19). The molecule has 110 valence electrons. The van der Waals surface area contributed by atoms with Gasteiger partial charge in [-0.05, 0) is 12.1 Å². The molecule has 0 saturated heterocycles. The number of carboxylic acid groups (broad SMARTS) is 1. The second-order valence-corrected chi connectivity index (χ2v) is 4.88. The summed E-state index contributed by atoms with van der Waals surface area (Å²) in [6, 6.07) is 4.55. The first-order valence-electron chi connectivity index (χ1n) is 5.84. The zero-order valence-electron chi connectivity index (χ0n) is 11.0. The van der Waals surface area contributed by atoms with Gasteiger partial charge >= 0.3 is 5.97 Å². The molecule has 0 atom stereocenters. The lowest BCUT2D eigenvalue weighted by Gasteiger charge is -2.07. The van der Waals surface area contributed by atoms with Gasteiger partial charge in [-0.25, -0.2) is 4.98 Å². The Balaban J connectivity index is 2.15. The number of anilines is 1. The number of ether oxygens (including phenoxy) is 1. The molecule has 2 rings (SSSR count). The molecule has 0 aliphatic carbocycles. The first-order chi connectivity index (χ1) is 10.0. The third-order valence-electron chi connectivity index (χ3n) is 2.57. The Hall–Kier alpha value is -2.61. The highest BCUT2D eigenvalue weighted by Crippen LogP contribution is 2.30. The zero-order chi connectivity index (χ0) is 15.4. The second kappa shape index (κ2) is 6.23. The molecule has 1 heterocycles. The molecule has 7 nitrogen and oxygen atoms in total. The smallest absolute Gasteiger partial charge is 0.309 e. The number of para-hydroxylation sites is 1. The number of phenolic OH excluding ortho intramolecular Hbond substituents is 1. The molecule has 0 unspecified atom stereocenters. The first kappa shape index (κ1) is 14.8. The van der Waals surface area contributed by atoms with Crippen molar-refractivity contribution in [2.75, 3.05) is 12.4 Å². The van der Waals surface area contributed by atoms with E-state index >= 15 is 0 Å². The fourth-order valence-corrected chi connectivity index (χ4v) is 2.34. The lowest BCUT2D eigenvalue weighted by molar-refractivity contribution is -0.136. The van der Waals surface area contributed by atoms with Gasteiger partial charge in [-0.15, -0.1) is 11.3 Å². The predicted octanol–water partition coefficient (Wildman–Crippen LogP) is 1.74. The van der Waals surface area contributed by atoms with Gasteiger partial charge in [-0.3, -0.25) is 14.9 Å². The zero-order valence-corrected chi connectivity index (χ0v) is 11.8. The molecule has 1 aromatic carbocycles. The number of benzene rings is 1. The van der Waals surface area contributed by atoms with Crippen molar-refractivity contribution in [3.8, 4) is 11.5 Å². The summed E-state index contributed by atoms with van der Waals surface area (Å²) in [4.78, 5) is 26.6. The number of thiazole rings is 1. The molecule has 0 bridgehead atoms. The summed E-state index contributed by atoms with van der Waals surface area (Å²) in [5.74, 6) is -1.63. The fourth-order valence-electron chi connectivity index (χ4n) is 1.64. The number of rotatable bonds is 5. The molecule has 0 spiro atoms. The maximum atomic E-state index is 12.1. The van der Waals surface area contributed by atoms with Crippen molar-refractivity contribution >= 4 is 28.3 Å². The topological polar surface area (TPSA) is 109 Å². The Bertz CT molecular complexity index is 683. The van der Waals surface area contributed by atoms with E-state index < -0.39 is 11.9 Å². The quantitative estimate of drug-likeness (QED) is 0.776.